The Morgan fingerprint density at radius 1 is 1.50 bits per heavy atom. The van der Waals surface area contributed by atoms with Gasteiger partial charge in [-0.2, -0.15) is 0 Å². The third-order valence-corrected chi connectivity index (χ3v) is 3.38. The molecule has 0 amide bonds. The van der Waals surface area contributed by atoms with Crippen LogP contribution >= 0.6 is 0 Å². The fourth-order valence-corrected chi connectivity index (χ4v) is 2.29. The lowest BCUT2D eigenvalue weighted by molar-refractivity contribution is 0.0925. The molecule has 1 unspecified atom stereocenters. The van der Waals surface area contributed by atoms with Crippen molar-refractivity contribution in [1.29, 1.82) is 0 Å². The van der Waals surface area contributed by atoms with Gasteiger partial charge in [-0.1, -0.05) is 13.8 Å². The number of aromatic nitrogens is 1. The lowest BCUT2D eigenvalue weighted by Gasteiger charge is -2.36. The molecule has 0 radical (unpaired) electrons. The van der Waals surface area contributed by atoms with Crippen molar-refractivity contribution in [3.8, 4) is 0 Å². The van der Waals surface area contributed by atoms with Crippen LogP contribution in [0.1, 0.15) is 25.8 Å². The minimum Gasteiger partial charge on any atom is -0.377 e. The van der Waals surface area contributed by atoms with Gasteiger partial charge in [-0.25, -0.2) is 4.98 Å². The van der Waals surface area contributed by atoms with Crippen LogP contribution in [0.2, 0.25) is 0 Å². The highest BCUT2D eigenvalue weighted by Gasteiger charge is 2.22. The summed E-state index contributed by atoms with van der Waals surface area (Å²) in [4.78, 5) is 6.89. The van der Waals surface area contributed by atoms with E-state index >= 15 is 0 Å². The summed E-state index contributed by atoms with van der Waals surface area (Å²) in [6, 6.07) is 4.73. The second-order valence-electron chi connectivity index (χ2n) is 4.63. The van der Waals surface area contributed by atoms with Crippen LogP contribution in [-0.4, -0.2) is 37.3 Å². The van der Waals surface area contributed by atoms with Gasteiger partial charge in [0.2, 0.25) is 0 Å². The molecule has 1 atom stereocenters. The first-order chi connectivity index (χ1) is 8.85. The predicted octanol–water partition coefficient (Wildman–Crippen LogP) is 1.81. The summed E-state index contributed by atoms with van der Waals surface area (Å²) in [5, 5.41) is 3.35. The number of pyridine rings is 1. The standard InChI is InChI=1S/C14H23N3O/c1-3-13-11-18-8-7-17(13)14-9-12(5-6-16-14)10-15-4-2/h5-6,9,13,15H,3-4,7-8,10-11H2,1-2H3. The van der Waals surface area contributed by atoms with Crippen molar-refractivity contribution in [3.63, 3.8) is 0 Å². The third-order valence-electron chi connectivity index (χ3n) is 3.38. The van der Waals surface area contributed by atoms with Crippen molar-refractivity contribution in [2.24, 2.45) is 0 Å². The molecule has 1 saturated heterocycles. The first-order valence-electron chi connectivity index (χ1n) is 6.85. The Bertz CT molecular complexity index is 370. The highest BCUT2D eigenvalue weighted by Crippen LogP contribution is 2.20. The highest BCUT2D eigenvalue weighted by molar-refractivity contribution is 5.42. The maximum absolute atomic E-state index is 5.54. The lowest BCUT2D eigenvalue weighted by atomic mass is 10.1. The van der Waals surface area contributed by atoms with Crippen LogP contribution in [0.25, 0.3) is 0 Å². The van der Waals surface area contributed by atoms with Crippen LogP contribution < -0.4 is 10.2 Å². The number of nitrogens with zero attached hydrogens (tertiary/aromatic N) is 2. The normalized spacial score (nSPS) is 20.1. The van der Waals surface area contributed by atoms with E-state index in [9.17, 15) is 0 Å². The predicted molar refractivity (Wildman–Crippen MR) is 73.9 cm³/mol. The molecule has 4 nitrogen and oxygen atoms in total. The van der Waals surface area contributed by atoms with Gasteiger partial charge >= 0.3 is 0 Å². The monoisotopic (exact) mass is 249 g/mol. The van der Waals surface area contributed by atoms with Gasteiger partial charge in [-0.15, -0.1) is 0 Å². The fraction of sp³-hybridized carbons (Fsp3) is 0.643. The molecular formula is C14H23N3O. The quantitative estimate of drug-likeness (QED) is 0.863. The van der Waals surface area contributed by atoms with E-state index in [1.165, 1.54) is 5.56 Å². The van der Waals surface area contributed by atoms with Gasteiger partial charge in [0, 0.05) is 19.3 Å². The van der Waals surface area contributed by atoms with Crippen molar-refractivity contribution < 1.29 is 4.74 Å². The van der Waals surface area contributed by atoms with E-state index < -0.39 is 0 Å². The molecule has 1 aliphatic rings. The number of nitrogens with one attached hydrogen (secondary N) is 1. The van der Waals surface area contributed by atoms with Gasteiger partial charge in [-0.3, -0.25) is 0 Å². The SMILES string of the molecule is CCNCc1ccnc(N2CCOCC2CC)c1. The minimum atomic E-state index is 0.459. The van der Waals surface area contributed by atoms with E-state index in [1.54, 1.807) is 0 Å². The van der Waals surface area contributed by atoms with Crippen molar-refractivity contribution in [2.75, 3.05) is 31.2 Å². The van der Waals surface area contributed by atoms with Crippen molar-refractivity contribution in [2.45, 2.75) is 32.9 Å². The van der Waals surface area contributed by atoms with E-state index in [0.29, 0.717) is 6.04 Å². The van der Waals surface area contributed by atoms with Gasteiger partial charge in [0.15, 0.2) is 0 Å². The molecule has 1 fully saturated rings. The zero-order valence-corrected chi connectivity index (χ0v) is 11.4. The summed E-state index contributed by atoms with van der Waals surface area (Å²) >= 11 is 0. The number of ether oxygens (including phenoxy) is 1. The molecule has 0 saturated carbocycles. The van der Waals surface area contributed by atoms with Gasteiger partial charge in [0.05, 0.1) is 19.3 Å². The van der Waals surface area contributed by atoms with Gasteiger partial charge in [0.25, 0.3) is 0 Å². The van der Waals surface area contributed by atoms with Crippen LogP contribution in [-0.2, 0) is 11.3 Å². The summed E-state index contributed by atoms with van der Waals surface area (Å²) in [5.74, 6) is 1.08. The van der Waals surface area contributed by atoms with Gasteiger partial charge in [0.1, 0.15) is 5.82 Å². The largest absolute Gasteiger partial charge is 0.377 e. The molecule has 18 heavy (non-hydrogen) atoms. The van der Waals surface area contributed by atoms with Crippen molar-refractivity contribution in [1.82, 2.24) is 10.3 Å². The van der Waals surface area contributed by atoms with Crippen LogP contribution in [0.3, 0.4) is 0 Å². The Kier molecular flexibility index (Phi) is 4.96. The molecule has 0 aliphatic carbocycles. The van der Waals surface area contributed by atoms with E-state index in [-0.39, 0.29) is 0 Å². The molecule has 4 heteroatoms. The number of hydrogen-bond acceptors (Lipinski definition) is 4. The molecule has 1 aromatic heterocycles. The second-order valence-corrected chi connectivity index (χ2v) is 4.63. The van der Waals surface area contributed by atoms with Gasteiger partial charge < -0.3 is 15.0 Å². The molecule has 0 aromatic carbocycles. The maximum Gasteiger partial charge on any atom is 0.129 e. The fourth-order valence-electron chi connectivity index (χ4n) is 2.29. The average molecular weight is 249 g/mol. The molecule has 1 aromatic rings. The Balaban J connectivity index is 2.10. The molecule has 2 heterocycles. The van der Waals surface area contributed by atoms with Crippen molar-refractivity contribution >= 4 is 5.82 Å². The summed E-state index contributed by atoms with van der Waals surface area (Å²) in [6.45, 7) is 8.79. The Labute approximate surface area is 109 Å². The van der Waals surface area contributed by atoms with Crippen molar-refractivity contribution in [3.05, 3.63) is 23.9 Å². The first kappa shape index (κ1) is 13.3. The van der Waals surface area contributed by atoms with E-state index in [4.69, 9.17) is 4.74 Å². The second kappa shape index (κ2) is 6.71. The Morgan fingerprint density at radius 2 is 2.39 bits per heavy atom. The minimum absolute atomic E-state index is 0.459. The van der Waals surface area contributed by atoms with Crippen LogP contribution in [0.15, 0.2) is 18.3 Å². The number of anilines is 1. The zero-order chi connectivity index (χ0) is 12.8. The highest BCUT2D eigenvalue weighted by atomic mass is 16.5. The molecular weight excluding hydrogens is 226 g/mol. The van der Waals surface area contributed by atoms with E-state index in [2.05, 4.69) is 41.2 Å². The third kappa shape index (κ3) is 3.21. The zero-order valence-electron chi connectivity index (χ0n) is 11.4. The summed E-state index contributed by atoms with van der Waals surface area (Å²) in [6.07, 6.45) is 3.00. The number of rotatable bonds is 5. The van der Waals surface area contributed by atoms with Crippen LogP contribution in [0.4, 0.5) is 5.82 Å². The Morgan fingerprint density at radius 3 is 3.17 bits per heavy atom. The molecule has 1 N–H and O–H groups in total. The average Bonchev–Trinajstić information content (AvgIpc) is 2.45. The van der Waals surface area contributed by atoms with E-state index in [0.717, 1.165) is 45.1 Å². The molecule has 100 valence electrons. The lowest BCUT2D eigenvalue weighted by Crippen LogP contribution is -2.45. The molecule has 0 bridgehead atoms. The summed E-state index contributed by atoms with van der Waals surface area (Å²) in [7, 11) is 0. The van der Waals surface area contributed by atoms with Crippen LogP contribution in [0.5, 0.6) is 0 Å². The van der Waals surface area contributed by atoms with Gasteiger partial charge in [-0.05, 0) is 30.7 Å². The Hall–Kier alpha value is -1.13. The maximum atomic E-state index is 5.54. The smallest absolute Gasteiger partial charge is 0.129 e. The summed E-state index contributed by atoms with van der Waals surface area (Å²) in [5.41, 5.74) is 1.29. The first-order valence-corrected chi connectivity index (χ1v) is 6.85. The number of hydrogen-bond donors (Lipinski definition) is 1. The molecule has 2 rings (SSSR count). The molecule has 0 spiro atoms. The number of morpholine rings is 1. The van der Waals surface area contributed by atoms with E-state index in [1.807, 2.05) is 6.20 Å². The summed E-state index contributed by atoms with van der Waals surface area (Å²) < 4.78 is 5.54. The topological polar surface area (TPSA) is 37.4 Å². The molecule has 1 aliphatic heterocycles. The van der Waals surface area contributed by atoms with Crippen LogP contribution in [0, 0.1) is 0 Å².